The molecule has 0 aliphatic heterocycles. The van der Waals surface area contributed by atoms with Gasteiger partial charge in [0, 0.05) is 11.5 Å². The van der Waals surface area contributed by atoms with Crippen molar-refractivity contribution in [3.05, 3.63) is 17.4 Å². The fourth-order valence-corrected chi connectivity index (χ4v) is 0.115. The van der Waals surface area contributed by atoms with Gasteiger partial charge in [-0.25, -0.2) is 0 Å². The van der Waals surface area contributed by atoms with E-state index >= 15 is 0 Å². The summed E-state index contributed by atoms with van der Waals surface area (Å²) in [6.45, 7) is 3.97. The average Bonchev–Trinajstić information content (AvgIpc) is 1.61. The lowest BCUT2D eigenvalue weighted by atomic mass is 10.5. The van der Waals surface area contributed by atoms with Gasteiger partial charge in [0.25, 0.3) is 0 Å². The molecule has 3 heteroatoms. The van der Waals surface area contributed by atoms with Crippen molar-refractivity contribution in [1.29, 1.82) is 0 Å². The summed E-state index contributed by atoms with van der Waals surface area (Å²) in [5.41, 5.74) is 7.63. The topological polar surface area (TPSA) is 48.8 Å². The number of hydrogen-bond acceptors (Lipinski definition) is 1. The molecule has 0 spiro atoms. The van der Waals surface area contributed by atoms with Gasteiger partial charge in [0.2, 0.25) is 0 Å². The summed E-state index contributed by atoms with van der Waals surface area (Å²) in [6, 6.07) is 0. The molecule has 0 saturated heterocycles. The standard InChI is InChI=1S/C3H6N3/c1-2-3-5-6-4/h1-3H2. The summed E-state index contributed by atoms with van der Waals surface area (Å²) >= 11 is 0. The Morgan fingerprint density at radius 1 is 1.83 bits per heavy atom. The first kappa shape index (κ1) is 5.31. The van der Waals surface area contributed by atoms with E-state index in [0.29, 0.717) is 13.0 Å². The second kappa shape index (κ2) is 4.31. The molecule has 0 aromatic rings. The van der Waals surface area contributed by atoms with Gasteiger partial charge in [-0.05, 0) is 12.0 Å². The fraction of sp³-hybridized carbons (Fsp3) is 0.667. The molecule has 33 valence electrons. The van der Waals surface area contributed by atoms with Gasteiger partial charge in [0.15, 0.2) is 0 Å². The molecule has 6 heavy (non-hydrogen) atoms. The molecular formula is C3H6N3. The van der Waals surface area contributed by atoms with Crippen LogP contribution in [0.15, 0.2) is 5.11 Å². The lowest BCUT2D eigenvalue weighted by Crippen LogP contribution is -1.66. The van der Waals surface area contributed by atoms with E-state index in [1.54, 1.807) is 0 Å². The van der Waals surface area contributed by atoms with Crippen LogP contribution in [0, 0.1) is 6.92 Å². The molecule has 0 amide bonds. The Bertz CT molecular complexity index is 62.4. The van der Waals surface area contributed by atoms with Crippen LogP contribution in [-0.2, 0) is 0 Å². The fourth-order valence-electron chi connectivity index (χ4n) is 0.115. The Morgan fingerprint density at radius 3 is 2.67 bits per heavy atom. The number of hydrogen-bond donors (Lipinski definition) is 0. The molecule has 0 fully saturated rings. The van der Waals surface area contributed by atoms with Crippen LogP contribution in [-0.4, -0.2) is 6.54 Å². The van der Waals surface area contributed by atoms with E-state index in [0.717, 1.165) is 0 Å². The Labute approximate surface area is 36.6 Å². The molecule has 0 heterocycles. The van der Waals surface area contributed by atoms with E-state index in [1.807, 2.05) is 0 Å². The normalized spacial score (nSPS) is 6.83. The third-order valence-electron chi connectivity index (χ3n) is 0.321. The predicted molar refractivity (Wildman–Crippen MR) is 24.0 cm³/mol. The van der Waals surface area contributed by atoms with Gasteiger partial charge in [-0.2, -0.15) is 0 Å². The lowest BCUT2D eigenvalue weighted by Gasteiger charge is -1.71. The second-order valence-corrected chi connectivity index (χ2v) is 0.808. The highest BCUT2D eigenvalue weighted by Gasteiger charge is 1.65. The van der Waals surface area contributed by atoms with Crippen LogP contribution in [0.25, 0.3) is 10.4 Å². The van der Waals surface area contributed by atoms with Crippen LogP contribution in [0.2, 0.25) is 0 Å². The van der Waals surface area contributed by atoms with Gasteiger partial charge < -0.3 is 0 Å². The van der Waals surface area contributed by atoms with Crippen LogP contribution >= 0.6 is 0 Å². The smallest absolute Gasteiger partial charge is 0.0257 e. The molecule has 0 atom stereocenters. The van der Waals surface area contributed by atoms with Gasteiger partial charge in [0.05, 0.1) is 0 Å². The molecule has 0 aromatic carbocycles. The van der Waals surface area contributed by atoms with Crippen molar-refractivity contribution in [1.82, 2.24) is 0 Å². The van der Waals surface area contributed by atoms with E-state index in [9.17, 15) is 0 Å². The molecule has 0 unspecified atom stereocenters. The zero-order valence-corrected chi connectivity index (χ0v) is 3.46. The van der Waals surface area contributed by atoms with Crippen LogP contribution in [0.4, 0.5) is 0 Å². The number of nitrogens with zero attached hydrogens (tertiary/aromatic N) is 3. The first-order chi connectivity index (χ1) is 2.91. The zero-order chi connectivity index (χ0) is 4.83. The SMILES string of the molecule is [CH2]CCN=[N+]=[N-]. The highest BCUT2D eigenvalue weighted by Crippen LogP contribution is 1.73. The minimum Gasteiger partial charge on any atom is -0.0940 e. The second-order valence-electron chi connectivity index (χ2n) is 0.808. The average molecular weight is 84.1 g/mol. The molecular weight excluding hydrogens is 78.1 g/mol. The maximum atomic E-state index is 7.63. The lowest BCUT2D eigenvalue weighted by molar-refractivity contribution is 0.990. The number of azide groups is 1. The quantitative estimate of drug-likeness (QED) is 0.276. The Balaban J connectivity index is 2.86. The molecule has 0 aromatic heterocycles. The monoisotopic (exact) mass is 84.1 g/mol. The van der Waals surface area contributed by atoms with Crippen LogP contribution in [0.3, 0.4) is 0 Å². The van der Waals surface area contributed by atoms with Crippen LogP contribution in [0.5, 0.6) is 0 Å². The molecule has 0 N–H and O–H groups in total. The van der Waals surface area contributed by atoms with Gasteiger partial charge in [-0.1, -0.05) is 12.0 Å². The molecule has 3 nitrogen and oxygen atoms in total. The summed E-state index contributed by atoms with van der Waals surface area (Å²) in [5, 5.41) is 3.21. The number of rotatable bonds is 2. The third-order valence-corrected chi connectivity index (χ3v) is 0.321. The largest absolute Gasteiger partial charge is 0.0940 e. The maximum absolute atomic E-state index is 7.63. The maximum Gasteiger partial charge on any atom is 0.0257 e. The van der Waals surface area contributed by atoms with Gasteiger partial charge >= 0.3 is 0 Å². The van der Waals surface area contributed by atoms with Crippen molar-refractivity contribution in [2.45, 2.75) is 6.42 Å². The van der Waals surface area contributed by atoms with E-state index in [2.05, 4.69) is 16.9 Å². The van der Waals surface area contributed by atoms with Gasteiger partial charge in [0.1, 0.15) is 0 Å². The summed E-state index contributed by atoms with van der Waals surface area (Å²) in [5.74, 6) is 0. The summed E-state index contributed by atoms with van der Waals surface area (Å²) in [7, 11) is 0. The minimum absolute atomic E-state index is 0.510. The summed E-state index contributed by atoms with van der Waals surface area (Å²) in [4.78, 5) is 2.51. The summed E-state index contributed by atoms with van der Waals surface area (Å²) < 4.78 is 0. The van der Waals surface area contributed by atoms with E-state index in [1.165, 1.54) is 0 Å². The van der Waals surface area contributed by atoms with Crippen molar-refractivity contribution < 1.29 is 0 Å². The minimum atomic E-state index is 0.510. The zero-order valence-electron chi connectivity index (χ0n) is 3.46. The summed E-state index contributed by atoms with van der Waals surface area (Å²) in [6.07, 6.45) is 0.685. The van der Waals surface area contributed by atoms with Crippen LogP contribution < -0.4 is 0 Å². The molecule has 0 aliphatic carbocycles. The van der Waals surface area contributed by atoms with Crippen molar-refractivity contribution >= 4 is 0 Å². The Hall–Kier alpha value is -0.690. The van der Waals surface area contributed by atoms with Crippen molar-refractivity contribution in [2.75, 3.05) is 6.54 Å². The van der Waals surface area contributed by atoms with Crippen LogP contribution in [0.1, 0.15) is 6.42 Å². The van der Waals surface area contributed by atoms with Crippen molar-refractivity contribution in [2.24, 2.45) is 5.11 Å². The van der Waals surface area contributed by atoms with Crippen molar-refractivity contribution in [3.8, 4) is 0 Å². The molecule has 0 rings (SSSR count). The molecule has 1 radical (unpaired) electrons. The van der Waals surface area contributed by atoms with Gasteiger partial charge in [-0.15, -0.1) is 0 Å². The highest BCUT2D eigenvalue weighted by molar-refractivity contribution is 4.46. The molecule has 0 bridgehead atoms. The molecule has 0 saturated carbocycles. The Morgan fingerprint density at radius 2 is 2.50 bits per heavy atom. The van der Waals surface area contributed by atoms with E-state index < -0.39 is 0 Å². The first-order valence-corrected chi connectivity index (χ1v) is 1.72. The molecule has 0 aliphatic rings. The predicted octanol–water partition coefficient (Wildman–Crippen LogP) is 1.52. The van der Waals surface area contributed by atoms with Gasteiger partial charge in [-0.3, -0.25) is 0 Å². The van der Waals surface area contributed by atoms with E-state index in [-0.39, 0.29) is 0 Å². The Kier molecular flexibility index (Phi) is 3.81. The van der Waals surface area contributed by atoms with E-state index in [4.69, 9.17) is 5.53 Å². The first-order valence-electron chi connectivity index (χ1n) is 1.72. The van der Waals surface area contributed by atoms with Crippen molar-refractivity contribution in [3.63, 3.8) is 0 Å². The third kappa shape index (κ3) is 3.31. The highest BCUT2D eigenvalue weighted by atomic mass is 15.1.